The maximum atomic E-state index is 5.20. The molecule has 1 nitrogen and oxygen atoms in total. The van der Waals surface area contributed by atoms with Gasteiger partial charge < -0.3 is 4.74 Å². The van der Waals surface area contributed by atoms with E-state index in [2.05, 4.69) is 0 Å². The predicted octanol–water partition coefficient (Wildman–Crippen LogP) is 1.15. The lowest BCUT2D eigenvalue weighted by Crippen LogP contribution is -1.97. The lowest BCUT2D eigenvalue weighted by atomic mass is 10.9. The standard InChI is InChI=1S/C4H6OS2/c1-2-7-4-3(5-4)6-1/h3-4H,1-2H2. The van der Waals surface area contributed by atoms with Crippen molar-refractivity contribution in [3.8, 4) is 0 Å². The van der Waals surface area contributed by atoms with Gasteiger partial charge in [0.1, 0.15) is 10.9 Å². The summed E-state index contributed by atoms with van der Waals surface area (Å²) < 4.78 is 5.20. The SMILES string of the molecule is C1CSC2OC2S1. The van der Waals surface area contributed by atoms with E-state index in [1.165, 1.54) is 11.5 Å². The first kappa shape index (κ1) is 4.53. The number of fused-ring (bicyclic) bond motifs is 1. The number of thioether (sulfide) groups is 2. The van der Waals surface area contributed by atoms with Gasteiger partial charge in [0.2, 0.25) is 0 Å². The highest BCUT2D eigenvalue weighted by molar-refractivity contribution is 8.07. The molecule has 0 aromatic carbocycles. The molecule has 2 fully saturated rings. The summed E-state index contributed by atoms with van der Waals surface area (Å²) in [5, 5.41) is 0. The van der Waals surface area contributed by atoms with E-state index in [4.69, 9.17) is 4.74 Å². The third-order valence-electron chi connectivity index (χ3n) is 1.06. The zero-order valence-corrected chi connectivity index (χ0v) is 5.43. The first-order chi connectivity index (χ1) is 3.47. The third-order valence-corrected chi connectivity index (χ3v) is 3.75. The van der Waals surface area contributed by atoms with Gasteiger partial charge in [0.15, 0.2) is 0 Å². The largest absolute Gasteiger partial charge is 0.346 e. The van der Waals surface area contributed by atoms with Gasteiger partial charge >= 0.3 is 0 Å². The second-order valence-electron chi connectivity index (χ2n) is 1.61. The van der Waals surface area contributed by atoms with Crippen LogP contribution in [0.15, 0.2) is 0 Å². The maximum absolute atomic E-state index is 5.20. The van der Waals surface area contributed by atoms with Crippen LogP contribution >= 0.6 is 23.5 Å². The van der Waals surface area contributed by atoms with E-state index in [0.717, 1.165) is 0 Å². The summed E-state index contributed by atoms with van der Waals surface area (Å²) >= 11 is 3.90. The Morgan fingerprint density at radius 1 is 1.14 bits per heavy atom. The first-order valence-corrected chi connectivity index (χ1v) is 4.45. The Morgan fingerprint density at radius 2 is 1.71 bits per heavy atom. The number of hydrogen-bond donors (Lipinski definition) is 0. The summed E-state index contributed by atoms with van der Waals surface area (Å²) in [6.45, 7) is 0. The van der Waals surface area contributed by atoms with Crippen LogP contribution < -0.4 is 0 Å². The van der Waals surface area contributed by atoms with Gasteiger partial charge in [0.05, 0.1) is 0 Å². The number of ether oxygens (including phenoxy) is 1. The fourth-order valence-corrected chi connectivity index (χ4v) is 3.14. The third kappa shape index (κ3) is 0.775. The molecule has 40 valence electrons. The Morgan fingerprint density at radius 3 is 2.14 bits per heavy atom. The van der Waals surface area contributed by atoms with E-state index in [9.17, 15) is 0 Å². The minimum atomic E-state index is 0.582. The van der Waals surface area contributed by atoms with Crippen LogP contribution in [0.25, 0.3) is 0 Å². The smallest absolute Gasteiger partial charge is 0.140 e. The van der Waals surface area contributed by atoms with Crippen LogP contribution in [-0.4, -0.2) is 22.4 Å². The molecule has 3 heteroatoms. The van der Waals surface area contributed by atoms with Gasteiger partial charge in [-0.05, 0) is 0 Å². The fraction of sp³-hybridized carbons (Fsp3) is 1.00. The van der Waals surface area contributed by atoms with Crippen molar-refractivity contribution in [1.82, 2.24) is 0 Å². The summed E-state index contributed by atoms with van der Waals surface area (Å²) in [4.78, 5) is 0. The Bertz CT molecular complexity index is 75.8. The summed E-state index contributed by atoms with van der Waals surface area (Å²) in [5.41, 5.74) is 1.16. The summed E-state index contributed by atoms with van der Waals surface area (Å²) in [7, 11) is 0. The molecule has 2 saturated heterocycles. The lowest BCUT2D eigenvalue weighted by molar-refractivity contribution is 0.448. The van der Waals surface area contributed by atoms with Crippen molar-refractivity contribution in [2.75, 3.05) is 11.5 Å². The van der Waals surface area contributed by atoms with Gasteiger partial charge in [0.25, 0.3) is 0 Å². The van der Waals surface area contributed by atoms with Crippen molar-refractivity contribution in [2.24, 2.45) is 0 Å². The maximum Gasteiger partial charge on any atom is 0.140 e. The zero-order chi connectivity index (χ0) is 4.69. The average Bonchev–Trinajstić information content (AvgIpc) is 2.41. The Kier molecular flexibility index (Phi) is 1.02. The molecule has 2 unspecified atom stereocenters. The van der Waals surface area contributed by atoms with E-state index in [1.54, 1.807) is 0 Å². The molecule has 2 aliphatic rings. The van der Waals surface area contributed by atoms with Crippen LogP contribution in [0, 0.1) is 0 Å². The van der Waals surface area contributed by atoms with Crippen molar-refractivity contribution in [3.63, 3.8) is 0 Å². The quantitative estimate of drug-likeness (QED) is 0.461. The van der Waals surface area contributed by atoms with Crippen LogP contribution in [-0.2, 0) is 4.74 Å². The molecule has 2 heterocycles. The molecule has 7 heavy (non-hydrogen) atoms. The average molecular weight is 134 g/mol. The molecule has 2 atom stereocenters. The minimum Gasteiger partial charge on any atom is -0.346 e. The summed E-state index contributed by atoms with van der Waals surface area (Å²) in [5.74, 6) is 2.57. The molecule has 0 aliphatic carbocycles. The number of epoxide rings is 1. The predicted molar refractivity (Wildman–Crippen MR) is 33.6 cm³/mol. The van der Waals surface area contributed by atoms with Gasteiger partial charge in [-0.1, -0.05) is 0 Å². The first-order valence-electron chi connectivity index (χ1n) is 2.35. The molecule has 2 aliphatic heterocycles. The molecule has 0 N–H and O–H groups in total. The van der Waals surface area contributed by atoms with Gasteiger partial charge in [-0.15, -0.1) is 23.5 Å². The molecular formula is C4H6OS2. The van der Waals surface area contributed by atoms with Crippen LogP contribution in [0.5, 0.6) is 0 Å². The molecule has 0 aromatic heterocycles. The van der Waals surface area contributed by atoms with Crippen LogP contribution in [0.4, 0.5) is 0 Å². The second kappa shape index (κ2) is 1.57. The number of rotatable bonds is 0. The molecule has 0 saturated carbocycles. The van der Waals surface area contributed by atoms with Crippen LogP contribution in [0.1, 0.15) is 0 Å². The Hall–Kier alpha value is 0.660. The lowest BCUT2D eigenvalue weighted by Gasteiger charge is -2.00. The van der Waals surface area contributed by atoms with Gasteiger partial charge in [0, 0.05) is 11.5 Å². The van der Waals surface area contributed by atoms with Crippen LogP contribution in [0.2, 0.25) is 0 Å². The number of hydrogen-bond acceptors (Lipinski definition) is 3. The van der Waals surface area contributed by atoms with Crippen molar-refractivity contribution < 1.29 is 4.74 Å². The molecule has 0 aromatic rings. The van der Waals surface area contributed by atoms with Crippen molar-refractivity contribution in [3.05, 3.63) is 0 Å². The van der Waals surface area contributed by atoms with Crippen molar-refractivity contribution in [2.45, 2.75) is 10.9 Å². The van der Waals surface area contributed by atoms with Gasteiger partial charge in [-0.25, -0.2) is 0 Å². The van der Waals surface area contributed by atoms with E-state index >= 15 is 0 Å². The highest BCUT2D eigenvalue weighted by atomic mass is 32.2. The van der Waals surface area contributed by atoms with E-state index < -0.39 is 0 Å². The minimum absolute atomic E-state index is 0.582. The topological polar surface area (TPSA) is 12.5 Å². The summed E-state index contributed by atoms with van der Waals surface area (Å²) in [6, 6.07) is 0. The van der Waals surface area contributed by atoms with Gasteiger partial charge in [-0.3, -0.25) is 0 Å². The monoisotopic (exact) mass is 134 g/mol. The molecular weight excluding hydrogens is 128 g/mol. The normalized spacial score (nSPS) is 48.0. The fourth-order valence-electron chi connectivity index (χ4n) is 0.651. The van der Waals surface area contributed by atoms with Gasteiger partial charge in [-0.2, -0.15) is 0 Å². The molecule has 2 rings (SSSR count). The highest BCUT2D eigenvalue weighted by Crippen LogP contribution is 2.44. The Balaban J connectivity index is 1.95. The second-order valence-corrected chi connectivity index (χ2v) is 4.03. The van der Waals surface area contributed by atoms with Crippen molar-refractivity contribution in [1.29, 1.82) is 0 Å². The van der Waals surface area contributed by atoms with E-state index in [0.29, 0.717) is 10.9 Å². The summed E-state index contributed by atoms with van der Waals surface area (Å²) in [6.07, 6.45) is 0. The Labute approximate surface area is 51.2 Å². The van der Waals surface area contributed by atoms with E-state index in [-0.39, 0.29) is 0 Å². The molecule has 0 radical (unpaired) electrons. The molecule has 0 amide bonds. The van der Waals surface area contributed by atoms with E-state index in [1.807, 2.05) is 23.5 Å². The molecule has 0 spiro atoms. The zero-order valence-electron chi connectivity index (χ0n) is 3.79. The van der Waals surface area contributed by atoms with Crippen molar-refractivity contribution >= 4 is 23.5 Å². The van der Waals surface area contributed by atoms with Crippen LogP contribution in [0.3, 0.4) is 0 Å². The molecule has 0 bridgehead atoms. The highest BCUT2D eigenvalue weighted by Gasteiger charge is 2.42.